The second-order valence-electron chi connectivity index (χ2n) is 7.66. The van der Waals surface area contributed by atoms with Gasteiger partial charge in [0.25, 0.3) is 0 Å². The number of sulfone groups is 1. The molecule has 9 heteroatoms. The molecule has 8 nitrogen and oxygen atoms in total. The van der Waals surface area contributed by atoms with Crippen LogP contribution in [-0.4, -0.2) is 34.3 Å². The zero-order valence-corrected chi connectivity index (χ0v) is 18.8. The van der Waals surface area contributed by atoms with Gasteiger partial charge in [0.15, 0.2) is 5.65 Å². The van der Waals surface area contributed by atoms with Gasteiger partial charge in [-0.1, -0.05) is 24.3 Å². The molecule has 0 radical (unpaired) electrons. The highest BCUT2D eigenvalue weighted by Crippen LogP contribution is 2.35. The molecule has 2 N–H and O–H groups in total. The number of para-hydroxylation sites is 2. The summed E-state index contributed by atoms with van der Waals surface area (Å²) in [6, 6.07) is 17.6. The van der Waals surface area contributed by atoms with E-state index in [1.165, 1.54) is 10.9 Å². The second-order valence-corrected chi connectivity index (χ2v) is 9.55. The maximum absolute atomic E-state index is 13.7. The van der Waals surface area contributed by atoms with Crippen LogP contribution in [0.4, 0.5) is 5.82 Å². The van der Waals surface area contributed by atoms with E-state index in [0.717, 1.165) is 11.1 Å². The predicted molar refractivity (Wildman–Crippen MR) is 128 cm³/mol. The van der Waals surface area contributed by atoms with E-state index in [2.05, 4.69) is 20.1 Å². The molecule has 164 valence electrons. The Bertz CT molecular complexity index is 1660. The minimum Gasteiger partial charge on any atom is -0.382 e. The Kier molecular flexibility index (Phi) is 4.90. The Morgan fingerprint density at radius 3 is 2.36 bits per heavy atom. The lowest BCUT2D eigenvalue weighted by Gasteiger charge is -2.07. The molecule has 33 heavy (non-hydrogen) atoms. The molecule has 5 aromatic rings. The Morgan fingerprint density at radius 1 is 0.939 bits per heavy atom. The van der Waals surface area contributed by atoms with E-state index in [9.17, 15) is 8.42 Å². The number of pyridine rings is 1. The Balaban J connectivity index is 1.81. The van der Waals surface area contributed by atoms with Crippen molar-refractivity contribution in [2.24, 2.45) is 5.10 Å². The lowest BCUT2D eigenvalue weighted by Crippen LogP contribution is -2.07. The average molecular weight is 457 g/mol. The van der Waals surface area contributed by atoms with Gasteiger partial charge in [-0.05, 0) is 61.4 Å². The third kappa shape index (κ3) is 3.52. The Labute approximate surface area is 190 Å². The van der Waals surface area contributed by atoms with Crippen molar-refractivity contribution < 1.29 is 8.42 Å². The molecule has 0 saturated carbocycles. The van der Waals surface area contributed by atoms with Crippen molar-refractivity contribution in [2.75, 3.05) is 5.73 Å². The number of benzene rings is 2. The van der Waals surface area contributed by atoms with Gasteiger partial charge in [0.1, 0.15) is 16.2 Å². The molecule has 3 aromatic heterocycles. The van der Waals surface area contributed by atoms with Gasteiger partial charge in [0, 0.05) is 6.20 Å². The topological polar surface area (TPSA) is 116 Å². The molecule has 2 aromatic carbocycles. The third-order valence-corrected chi connectivity index (χ3v) is 7.29. The van der Waals surface area contributed by atoms with E-state index in [4.69, 9.17) is 5.73 Å². The number of nitrogen functional groups attached to an aromatic ring is 1. The molecular formula is C24H20N6O2S. The number of nitrogens with zero attached hydrogens (tertiary/aromatic N) is 5. The number of aromatic nitrogens is 4. The first kappa shape index (κ1) is 20.8. The summed E-state index contributed by atoms with van der Waals surface area (Å²) in [6.45, 7) is 3.79. The van der Waals surface area contributed by atoms with Gasteiger partial charge in [-0.3, -0.25) is 4.98 Å². The zero-order chi connectivity index (χ0) is 23.2. The summed E-state index contributed by atoms with van der Waals surface area (Å²) in [5, 5.41) is 4.41. The molecular weight excluding hydrogens is 436 g/mol. The van der Waals surface area contributed by atoms with E-state index in [-0.39, 0.29) is 26.8 Å². The fourth-order valence-electron chi connectivity index (χ4n) is 3.57. The van der Waals surface area contributed by atoms with Gasteiger partial charge in [-0.25, -0.2) is 18.4 Å². The molecule has 0 aliphatic heterocycles. The maximum atomic E-state index is 13.7. The second kappa shape index (κ2) is 7.79. The predicted octanol–water partition coefficient (Wildman–Crippen LogP) is 3.89. The summed E-state index contributed by atoms with van der Waals surface area (Å²) in [5.41, 5.74) is 10.4. The van der Waals surface area contributed by atoms with Crippen molar-refractivity contribution in [1.82, 2.24) is 19.6 Å². The van der Waals surface area contributed by atoms with E-state index < -0.39 is 9.84 Å². The Morgan fingerprint density at radius 2 is 1.67 bits per heavy atom. The summed E-state index contributed by atoms with van der Waals surface area (Å²) in [4.78, 5) is 13.5. The molecule has 0 aliphatic carbocycles. The molecule has 0 spiro atoms. The van der Waals surface area contributed by atoms with E-state index in [1.54, 1.807) is 48.7 Å². The fraction of sp³-hybridized carbons (Fsp3) is 0.0833. The highest BCUT2D eigenvalue weighted by molar-refractivity contribution is 7.92. The summed E-state index contributed by atoms with van der Waals surface area (Å²) in [6.07, 6.45) is 3.14. The van der Waals surface area contributed by atoms with Crippen molar-refractivity contribution in [3.05, 3.63) is 83.7 Å². The maximum Gasteiger partial charge on any atom is 0.212 e. The van der Waals surface area contributed by atoms with Gasteiger partial charge in [-0.15, -0.1) is 0 Å². The molecule has 5 rings (SSSR count). The van der Waals surface area contributed by atoms with Gasteiger partial charge < -0.3 is 5.73 Å². The quantitative estimate of drug-likeness (QED) is 0.410. The summed E-state index contributed by atoms with van der Waals surface area (Å²) in [5.74, 6) is -0.0642. The van der Waals surface area contributed by atoms with Crippen molar-refractivity contribution in [3.63, 3.8) is 0 Å². The van der Waals surface area contributed by atoms with Crippen LogP contribution in [-0.2, 0) is 9.84 Å². The van der Waals surface area contributed by atoms with Crippen LogP contribution in [0.2, 0.25) is 0 Å². The largest absolute Gasteiger partial charge is 0.382 e. The van der Waals surface area contributed by atoms with Gasteiger partial charge >= 0.3 is 0 Å². The average Bonchev–Trinajstić information content (AvgIpc) is 3.09. The summed E-state index contributed by atoms with van der Waals surface area (Å²) < 4.78 is 28.8. The highest BCUT2D eigenvalue weighted by atomic mass is 32.2. The van der Waals surface area contributed by atoms with Crippen LogP contribution < -0.4 is 5.73 Å². The van der Waals surface area contributed by atoms with Crippen LogP contribution in [0.25, 0.3) is 22.2 Å². The number of rotatable bonds is 4. The number of aryl methyl sites for hydroxylation is 2. The monoisotopic (exact) mass is 456 g/mol. The van der Waals surface area contributed by atoms with Gasteiger partial charge in [-0.2, -0.15) is 9.78 Å². The fourth-order valence-corrected chi connectivity index (χ4v) is 5.14. The minimum atomic E-state index is -4.00. The summed E-state index contributed by atoms with van der Waals surface area (Å²) >= 11 is 0. The number of hydrogen-bond donors (Lipinski definition) is 1. The molecule has 0 fully saturated rings. The molecule has 0 atom stereocenters. The van der Waals surface area contributed by atoms with Crippen LogP contribution >= 0.6 is 0 Å². The van der Waals surface area contributed by atoms with Gasteiger partial charge in [0.05, 0.1) is 27.8 Å². The molecule has 3 heterocycles. The normalized spacial score (nSPS) is 12.2. The van der Waals surface area contributed by atoms with Crippen LogP contribution in [0.15, 0.2) is 81.8 Å². The highest BCUT2D eigenvalue weighted by Gasteiger charge is 2.30. The first-order valence-electron chi connectivity index (χ1n) is 10.2. The Hall–Kier alpha value is -4.11. The SMILES string of the molecule is Cc1ccc(S(=O)(=O)c2c(N)n(/N=C\c3ccccn3)c3nc4ccccc4nc23)cc1C. The number of anilines is 1. The first-order chi connectivity index (χ1) is 15.9. The first-order valence-corrected chi connectivity index (χ1v) is 11.7. The minimum absolute atomic E-state index is 0.0642. The zero-order valence-electron chi connectivity index (χ0n) is 18.0. The number of fused-ring (bicyclic) bond motifs is 2. The molecule has 0 amide bonds. The summed E-state index contributed by atoms with van der Waals surface area (Å²) in [7, 11) is -4.00. The van der Waals surface area contributed by atoms with E-state index >= 15 is 0 Å². The lowest BCUT2D eigenvalue weighted by molar-refractivity contribution is 0.597. The van der Waals surface area contributed by atoms with Crippen LogP contribution in [0.3, 0.4) is 0 Å². The molecule has 0 saturated heterocycles. The van der Waals surface area contributed by atoms with E-state index in [0.29, 0.717) is 16.7 Å². The van der Waals surface area contributed by atoms with Crippen molar-refractivity contribution in [1.29, 1.82) is 0 Å². The van der Waals surface area contributed by atoms with Crippen molar-refractivity contribution in [3.8, 4) is 0 Å². The molecule has 0 bridgehead atoms. The molecule has 0 aliphatic rings. The standard InChI is InChI=1S/C24H20N6O2S/c1-15-10-11-18(13-16(15)2)33(31,32)22-21-24(29-20-9-4-3-8-19(20)28-21)30(23(22)25)27-14-17-7-5-6-12-26-17/h3-14H,25H2,1-2H3/b27-14-. The van der Waals surface area contributed by atoms with Crippen molar-refractivity contribution >= 4 is 44.1 Å². The van der Waals surface area contributed by atoms with E-state index in [1.807, 2.05) is 32.0 Å². The number of hydrogen-bond acceptors (Lipinski definition) is 7. The van der Waals surface area contributed by atoms with Crippen molar-refractivity contribution in [2.45, 2.75) is 23.6 Å². The smallest absolute Gasteiger partial charge is 0.212 e. The lowest BCUT2D eigenvalue weighted by atomic mass is 10.1. The van der Waals surface area contributed by atoms with Crippen LogP contribution in [0.1, 0.15) is 16.8 Å². The van der Waals surface area contributed by atoms with Crippen LogP contribution in [0.5, 0.6) is 0 Å². The van der Waals surface area contributed by atoms with Crippen LogP contribution in [0, 0.1) is 13.8 Å². The van der Waals surface area contributed by atoms with Gasteiger partial charge in [0.2, 0.25) is 9.84 Å². The number of nitrogens with two attached hydrogens (primary N) is 1. The molecule has 0 unspecified atom stereocenters. The third-order valence-electron chi connectivity index (χ3n) is 5.48.